The molecule has 0 saturated heterocycles. The zero-order valence-electron chi connectivity index (χ0n) is 13.0. The molecule has 0 spiro atoms. The molecule has 0 amide bonds. The van der Waals surface area contributed by atoms with E-state index in [1.807, 2.05) is 34.6 Å². The Labute approximate surface area is 118 Å². The lowest BCUT2D eigenvalue weighted by atomic mass is 10.3. The monoisotopic (exact) mass is 294 g/mol. The van der Waals surface area contributed by atoms with Crippen molar-refractivity contribution in [3.8, 4) is 0 Å². The van der Waals surface area contributed by atoms with Gasteiger partial charge in [-0.25, -0.2) is 0 Å². The van der Waals surface area contributed by atoms with Crippen molar-refractivity contribution in [1.29, 1.82) is 0 Å². The zero-order valence-corrected chi connectivity index (χ0v) is 14.0. The van der Waals surface area contributed by atoms with Crippen LogP contribution in [0.4, 0.5) is 0 Å². The summed E-state index contributed by atoms with van der Waals surface area (Å²) in [5.74, 6) is 0. The van der Waals surface area contributed by atoms with Crippen molar-refractivity contribution in [2.24, 2.45) is 0 Å². The summed E-state index contributed by atoms with van der Waals surface area (Å²) in [6, 6.07) is 0. The molecule has 0 heterocycles. The van der Waals surface area contributed by atoms with Gasteiger partial charge in [0.25, 0.3) is 0 Å². The molecule has 5 nitrogen and oxygen atoms in total. The molecular weight excluding hydrogens is 264 g/mol. The lowest BCUT2D eigenvalue weighted by Crippen LogP contribution is -2.61. The second-order valence-electron chi connectivity index (χ2n) is 4.17. The first-order chi connectivity index (χ1) is 9.11. The smallest absolute Gasteiger partial charge is 0.390 e. The highest BCUT2D eigenvalue weighted by molar-refractivity contribution is 6.62. The Morgan fingerprint density at radius 1 is 0.895 bits per heavy atom. The van der Waals surface area contributed by atoms with Gasteiger partial charge in [-0.2, -0.15) is 0 Å². The van der Waals surface area contributed by atoms with Crippen LogP contribution in [0.25, 0.3) is 0 Å². The van der Waals surface area contributed by atoms with Crippen LogP contribution in [0.5, 0.6) is 0 Å². The third kappa shape index (κ3) is 5.89. The quantitative estimate of drug-likeness (QED) is 0.559. The first-order valence-electron chi connectivity index (χ1n) is 7.33. The molecule has 1 N–H and O–H groups in total. The van der Waals surface area contributed by atoms with E-state index in [9.17, 15) is 5.11 Å². The van der Waals surface area contributed by atoms with Gasteiger partial charge in [-0.3, -0.25) is 0 Å². The van der Waals surface area contributed by atoms with Gasteiger partial charge in [0.05, 0.1) is 6.10 Å². The minimum absolute atomic E-state index is 0.481. The van der Waals surface area contributed by atoms with E-state index in [1.165, 1.54) is 0 Å². The maximum Gasteiger partial charge on any atom is 0.534 e. The Hall–Kier alpha value is 0.0169. The van der Waals surface area contributed by atoms with Gasteiger partial charge in [-0.15, -0.1) is 0 Å². The van der Waals surface area contributed by atoms with E-state index < -0.39 is 20.6 Å². The van der Waals surface area contributed by atoms with Crippen molar-refractivity contribution in [3.05, 3.63) is 0 Å². The molecular formula is C13H30O5Si. The number of hydrogen-bond donors (Lipinski definition) is 1. The third-order valence-electron chi connectivity index (χ3n) is 2.65. The Kier molecular flexibility index (Phi) is 10.8. The number of ether oxygens (including phenoxy) is 1. The summed E-state index contributed by atoms with van der Waals surface area (Å²) in [5, 5.41) is 10.2. The van der Waals surface area contributed by atoms with Gasteiger partial charge >= 0.3 is 8.80 Å². The van der Waals surface area contributed by atoms with Crippen molar-refractivity contribution < 1.29 is 23.1 Å². The summed E-state index contributed by atoms with van der Waals surface area (Å²) in [6.45, 7) is 11.6. The second-order valence-corrected chi connectivity index (χ2v) is 6.81. The third-order valence-corrected chi connectivity index (χ3v) is 5.98. The molecule has 0 bridgehead atoms. The molecule has 6 heteroatoms. The molecule has 0 aromatic carbocycles. The molecule has 19 heavy (non-hydrogen) atoms. The first-order valence-corrected chi connectivity index (χ1v) is 9.13. The normalized spacial score (nSPS) is 15.5. The average molecular weight is 294 g/mol. The molecule has 0 aliphatic heterocycles. The molecule has 0 radical (unpaired) electrons. The van der Waals surface area contributed by atoms with Gasteiger partial charge < -0.3 is 23.1 Å². The van der Waals surface area contributed by atoms with E-state index in [1.54, 1.807) is 0 Å². The molecule has 0 rings (SSSR count). The first kappa shape index (κ1) is 19.0. The van der Waals surface area contributed by atoms with E-state index in [0.717, 1.165) is 6.42 Å². The summed E-state index contributed by atoms with van der Waals surface area (Å²) in [7, 11) is -3.02. The molecule has 0 aliphatic carbocycles. The van der Waals surface area contributed by atoms with Crippen LogP contribution >= 0.6 is 0 Å². The van der Waals surface area contributed by atoms with E-state index >= 15 is 0 Å². The molecule has 2 atom stereocenters. The number of aliphatic hydroxyl groups excluding tert-OH is 1. The lowest BCUT2D eigenvalue weighted by molar-refractivity contribution is -0.0606. The Morgan fingerprint density at radius 2 is 1.37 bits per heavy atom. The topological polar surface area (TPSA) is 57.2 Å². The van der Waals surface area contributed by atoms with Gasteiger partial charge in [-0.1, -0.05) is 13.8 Å². The highest BCUT2D eigenvalue weighted by atomic mass is 28.4. The van der Waals surface area contributed by atoms with Crippen molar-refractivity contribution in [3.63, 3.8) is 0 Å². The van der Waals surface area contributed by atoms with Crippen LogP contribution in [-0.2, 0) is 18.0 Å². The average Bonchev–Trinajstić information content (AvgIpc) is 2.39. The van der Waals surface area contributed by atoms with Crippen molar-refractivity contribution in [1.82, 2.24) is 0 Å². The van der Waals surface area contributed by atoms with Gasteiger partial charge in [-0.05, 0) is 33.6 Å². The Morgan fingerprint density at radius 3 is 1.68 bits per heavy atom. The van der Waals surface area contributed by atoms with E-state index in [0.29, 0.717) is 32.8 Å². The minimum Gasteiger partial charge on any atom is -0.390 e. The van der Waals surface area contributed by atoms with Crippen molar-refractivity contribution in [2.45, 2.75) is 59.3 Å². The van der Waals surface area contributed by atoms with Gasteiger partial charge in [0, 0.05) is 26.4 Å². The molecule has 2 unspecified atom stereocenters. The van der Waals surface area contributed by atoms with Crippen molar-refractivity contribution >= 4 is 8.80 Å². The predicted molar refractivity (Wildman–Crippen MR) is 77.0 cm³/mol. The highest BCUT2D eigenvalue weighted by Gasteiger charge is 2.53. The van der Waals surface area contributed by atoms with Crippen LogP contribution < -0.4 is 0 Å². The summed E-state index contributed by atoms with van der Waals surface area (Å²) in [5.41, 5.74) is -0.516. The largest absolute Gasteiger partial charge is 0.534 e. The van der Waals surface area contributed by atoms with E-state index in [2.05, 4.69) is 0 Å². The summed E-state index contributed by atoms with van der Waals surface area (Å²) in [6.07, 6.45) is 0.820. The zero-order chi connectivity index (χ0) is 14.7. The maximum atomic E-state index is 10.2. The van der Waals surface area contributed by atoms with Crippen LogP contribution in [0.2, 0.25) is 0 Å². The fraction of sp³-hybridized carbons (Fsp3) is 1.00. The second kappa shape index (κ2) is 10.8. The standard InChI is InChI=1S/C13H30O5Si/c1-6-11-15-13(12(14)7-2)19(16-8-3,17-9-4)18-10-5/h12-14H,6-11H2,1-5H3. The van der Waals surface area contributed by atoms with Crippen LogP contribution in [0.3, 0.4) is 0 Å². The van der Waals surface area contributed by atoms with E-state index in [-0.39, 0.29) is 0 Å². The fourth-order valence-corrected chi connectivity index (χ4v) is 4.86. The molecule has 116 valence electrons. The van der Waals surface area contributed by atoms with Gasteiger partial charge in [0.1, 0.15) is 0 Å². The summed E-state index contributed by atoms with van der Waals surface area (Å²) >= 11 is 0. The fourth-order valence-electron chi connectivity index (χ4n) is 1.88. The molecule has 0 aliphatic rings. The lowest BCUT2D eigenvalue weighted by Gasteiger charge is -2.36. The summed E-state index contributed by atoms with van der Waals surface area (Å²) in [4.78, 5) is 0. The molecule has 0 aromatic heterocycles. The van der Waals surface area contributed by atoms with Gasteiger partial charge in [0.15, 0.2) is 5.73 Å². The minimum atomic E-state index is -3.02. The van der Waals surface area contributed by atoms with Crippen LogP contribution in [0.15, 0.2) is 0 Å². The van der Waals surface area contributed by atoms with Crippen LogP contribution in [0, 0.1) is 0 Å². The predicted octanol–water partition coefficient (Wildman–Crippen LogP) is 2.14. The number of rotatable bonds is 12. The number of aliphatic hydroxyl groups is 1. The van der Waals surface area contributed by atoms with E-state index in [4.69, 9.17) is 18.0 Å². The highest BCUT2D eigenvalue weighted by Crippen LogP contribution is 2.22. The molecule has 0 saturated carbocycles. The summed E-state index contributed by atoms with van der Waals surface area (Å²) < 4.78 is 23.2. The van der Waals surface area contributed by atoms with Crippen LogP contribution in [0.1, 0.15) is 47.5 Å². The number of hydrogen-bond acceptors (Lipinski definition) is 5. The van der Waals surface area contributed by atoms with Crippen LogP contribution in [-0.4, -0.2) is 52.2 Å². The maximum absolute atomic E-state index is 10.2. The molecule has 0 fully saturated rings. The Balaban J connectivity index is 5.15. The van der Waals surface area contributed by atoms with Crippen molar-refractivity contribution in [2.75, 3.05) is 26.4 Å². The Bertz CT molecular complexity index is 198. The molecule has 0 aromatic rings. The SMILES string of the molecule is CCCOC(C(O)CC)[Si](OCC)(OCC)OCC. The van der Waals surface area contributed by atoms with Gasteiger partial charge in [0.2, 0.25) is 0 Å².